The first-order valence-electron chi connectivity index (χ1n) is 9.78. The summed E-state index contributed by atoms with van der Waals surface area (Å²) in [5.74, 6) is 0.800. The van der Waals surface area contributed by atoms with E-state index in [2.05, 4.69) is 55.4 Å². The van der Waals surface area contributed by atoms with E-state index in [0.717, 1.165) is 12.8 Å². The molecule has 2 nitrogen and oxygen atoms in total. The van der Waals surface area contributed by atoms with Crippen molar-refractivity contribution in [3.63, 3.8) is 0 Å². The highest BCUT2D eigenvalue weighted by Crippen LogP contribution is 2.48. The van der Waals surface area contributed by atoms with Gasteiger partial charge in [-0.05, 0) is 49.9 Å². The van der Waals surface area contributed by atoms with Crippen LogP contribution in [0.15, 0.2) is 0 Å². The normalized spacial score (nSPS) is 20.4. The van der Waals surface area contributed by atoms with Crippen LogP contribution in [0.2, 0.25) is 0 Å². The fraction of sp³-hybridized carbons (Fsp3) is 0.952. The summed E-state index contributed by atoms with van der Waals surface area (Å²) in [6, 6.07) is 0. The molecule has 0 saturated heterocycles. The molecule has 0 spiro atoms. The molecule has 0 heterocycles. The fourth-order valence-electron chi connectivity index (χ4n) is 4.38. The van der Waals surface area contributed by atoms with E-state index in [-0.39, 0.29) is 22.9 Å². The Bertz CT molecular complexity index is 381. The van der Waals surface area contributed by atoms with Crippen molar-refractivity contribution in [1.29, 1.82) is 0 Å². The molecule has 0 aromatic carbocycles. The summed E-state index contributed by atoms with van der Waals surface area (Å²) in [7, 11) is 0. The molecule has 0 aromatic rings. The van der Waals surface area contributed by atoms with Crippen molar-refractivity contribution in [2.24, 2.45) is 22.7 Å². The second-order valence-corrected chi connectivity index (χ2v) is 9.10. The minimum Gasteiger partial charge on any atom is -0.458 e. The molecule has 1 rings (SSSR count). The lowest BCUT2D eigenvalue weighted by Gasteiger charge is -2.48. The van der Waals surface area contributed by atoms with Gasteiger partial charge in [-0.25, -0.2) is 0 Å². The molecular weight excluding hydrogens is 284 g/mol. The number of esters is 1. The topological polar surface area (TPSA) is 26.3 Å². The second kappa shape index (κ2) is 7.57. The number of carbonyl (C=O) groups is 1. The van der Waals surface area contributed by atoms with Crippen LogP contribution in [0.3, 0.4) is 0 Å². The summed E-state index contributed by atoms with van der Waals surface area (Å²) in [6.45, 7) is 17.2. The highest BCUT2D eigenvalue weighted by molar-refractivity contribution is 5.78. The van der Waals surface area contributed by atoms with E-state index in [0.29, 0.717) is 5.92 Å². The van der Waals surface area contributed by atoms with E-state index in [1.54, 1.807) is 0 Å². The minimum atomic E-state index is -0.461. The molecule has 0 bridgehead atoms. The van der Waals surface area contributed by atoms with Crippen LogP contribution in [0, 0.1) is 22.7 Å². The Kier molecular flexibility index (Phi) is 6.75. The zero-order valence-electron chi connectivity index (χ0n) is 16.9. The number of ether oxygens (including phenoxy) is 1. The molecule has 136 valence electrons. The molecule has 1 aliphatic rings. The summed E-state index contributed by atoms with van der Waals surface area (Å²) in [5.41, 5.74) is -0.839. The predicted molar refractivity (Wildman–Crippen MR) is 98.4 cm³/mol. The molecule has 0 aliphatic heterocycles. The highest BCUT2D eigenvalue weighted by atomic mass is 16.6. The van der Waals surface area contributed by atoms with Crippen molar-refractivity contribution >= 4 is 5.97 Å². The Labute approximate surface area is 144 Å². The average Bonchev–Trinajstić information content (AvgIpc) is 2.51. The van der Waals surface area contributed by atoms with Gasteiger partial charge < -0.3 is 4.74 Å². The Hall–Kier alpha value is -0.530. The first-order chi connectivity index (χ1) is 10.5. The van der Waals surface area contributed by atoms with Crippen molar-refractivity contribution in [2.45, 2.75) is 106 Å². The van der Waals surface area contributed by atoms with Crippen molar-refractivity contribution < 1.29 is 9.53 Å². The standard InChI is InChI=1S/C21H40O2/c1-9-21(10-2,17-14-12-11-13-15-17)23-18(22)20(8,16(3)4)19(5,6)7/h16-17H,9-15H2,1-8H3. The lowest BCUT2D eigenvalue weighted by Crippen LogP contribution is -2.51. The molecule has 1 unspecified atom stereocenters. The predicted octanol–water partition coefficient (Wildman–Crippen LogP) is 6.38. The third-order valence-electron chi connectivity index (χ3n) is 6.98. The van der Waals surface area contributed by atoms with Crippen LogP contribution >= 0.6 is 0 Å². The number of hydrogen-bond acceptors (Lipinski definition) is 2. The highest BCUT2D eigenvalue weighted by Gasteiger charge is 2.51. The molecule has 0 aromatic heterocycles. The Morgan fingerprint density at radius 2 is 1.48 bits per heavy atom. The van der Waals surface area contributed by atoms with Crippen molar-refractivity contribution in [2.75, 3.05) is 0 Å². The van der Waals surface area contributed by atoms with Crippen LogP contribution < -0.4 is 0 Å². The molecule has 1 aliphatic carbocycles. The van der Waals surface area contributed by atoms with Gasteiger partial charge in [0, 0.05) is 0 Å². The second-order valence-electron chi connectivity index (χ2n) is 9.10. The minimum absolute atomic E-state index is 0.00859. The van der Waals surface area contributed by atoms with Gasteiger partial charge in [0.05, 0.1) is 5.41 Å². The maximum Gasteiger partial charge on any atom is 0.313 e. The van der Waals surface area contributed by atoms with Gasteiger partial charge in [-0.3, -0.25) is 4.79 Å². The summed E-state index contributed by atoms with van der Waals surface area (Å²) < 4.78 is 6.39. The summed E-state index contributed by atoms with van der Waals surface area (Å²) in [6.07, 6.45) is 8.18. The SMILES string of the molecule is CCC(CC)(OC(=O)C(C)(C(C)C)C(C)(C)C)C1CCCCC1. The van der Waals surface area contributed by atoms with Crippen LogP contribution in [0.25, 0.3) is 0 Å². The molecule has 1 atom stereocenters. The van der Waals surface area contributed by atoms with E-state index >= 15 is 0 Å². The van der Waals surface area contributed by atoms with E-state index in [1.165, 1.54) is 32.1 Å². The van der Waals surface area contributed by atoms with Gasteiger partial charge in [0.25, 0.3) is 0 Å². The van der Waals surface area contributed by atoms with Gasteiger partial charge in [0.15, 0.2) is 0 Å². The molecule has 0 radical (unpaired) electrons. The summed E-state index contributed by atoms with van der Waals surface area (Å²) in [4.78, 5) is 13.3. The van der Waals surface area contributed by atoms with Gasteiger partial charge >= 0.3 is 5.97 Å². The van der Waals surface area contributed by atoms with Crippen LogP contribution in [-0.4, -0.2) is 11.6 Å². The van der Waals surface area contributed by atoms with Gasteiger partial charge in [0.2, 0.25) is 0 Å². The van der Waals surface area contributed by atoms with Gasteiger partial charge in [0.1, 0.15) is 5.60 Å². The fourth-order valence-corrected chi connectivity index (χ4v) is 4.38. The largest absolute Gasteiger partial charge is 0.458 e. The van der Waals surface area contributed by atoms with Crippen molar-refractivity contribution in [3.05, 3.63) is 0 Å². The maximum atomic E-state index is 13.3. The van der Waals surface area contributed by atoms with E-state index in [4.69, 9.17) is 4.74 Å². The molecular formula is C21H40O2. The first kappa shape index (κ1) is 20.5. The number of hydrogen-bond donors (Lipinski definition) is 0. The lowest BCUT2D eigenvalue weighted by atomic mass is 9.61. The number of rotatable bonds is 6. The van der Waals surface area contributed by atoms with Gasteiger partial charge in [-0.2, -0.15) is 0 Å². The molecule has 1 saturated carbocycles. The number of carbonyl (C=O) groups excluding carboxylic acids is 1. The van der Waals surface area contributed by atoms with E-state index < -0.39 is 5.41 Å². The Morgan fingerprint density at radius 3 is 1.83 bits per heavy atom. The molecule has 23 heavy (non-hydrogen) atoms. The molecule has 0 N–H and O–H groups in total. The first-order valence-corrected chi connectivity index (χ1v) is 9.78. The zero-order valence-corrected chi connectivity index (χ0v) is 16.9. The summed E-state index contributed by atoms with van der Waals surface area (Å²) >= 11 is 0. The van der Waals surface area contributed by atoms with Crippen LogP contribution in [0.1, 0.15) is 100 Å². The van der Waals surface area contributed by atoms with Crippen molar-refractivity contribution in [1.82, 2.24) is 0 Å². The van der Waals surface area contributed by atoms with Crippen LogP contribution in [0.5, 0.6) is 0 Å². The van der Waals surface area contributed by atoms with Crippen LogP contribution in [-0.2, 0) is 9.53 Å². The third kappa shape index (κ3) is 3.94. The monoisotopic (exact) mass is 324 g/mol. The maximum absolute atomic E-state index is 13.3. The quantitative estimate of drug-likeness (QED) is 0.530. The third-order valence-corrected chi connectivity index (χ3v) is 6.98. The van der Waals surface area contributed by atoms with E-state index in [9.17, 15) is 4.79 Å². The zero-order chi connectivity index (χ0) is 17.9. The molecule has 0 amide bonds. The lowest BCUT2D eigenvalue weighted by molar-refractivity contribution is -0.191. The van der Waals surface area contributed by atoms with Gasteiger partial charge in [-0.15, -0.1) is 0 Å². The Balaban J connectivity index is 3.09. The molecule has 1 fully saturated rings. The average molecular weight is 325 g/mol. The van der Waals surface area contributed by atoms with Gasteiger partial charge in [-0.1, -0.05) is 67.7 Å². The van der Waals surface area contributed by atoms with E-state index in [1.807, 2.05) is 0 Å². The summed E-state index contributed by atoms with van der Waals surface area (Å²) in [5, 5.41) is 0. The van der Waals surface area contributed by atoms with Crippen molar-refractivity contribution in [3.8, 4) is 0 Å². The smallest absolute Gasteiger partial charge is 0.313 e. The Morgan fingerprint density at radius 1 is 1.00 bits per heavy atom. The van der Waals surface area contributed by atoms with Crippen LogP contribution in [0.4, 0.5) is 0 Å². The molecule has 2 heteroatoms.